The van der Waals surface area contributed by atoms with Gasteiger partial charge in [-0.25, -0.2) is 13.9 Å². The van der Waals surface area contributed by atoms with Gasteiger partial charge in [0, 0.05) is 31.1 Å². The van der Waals surface area contributed by atoms with Crippen LogP contribution in [0.15, 0.2) is 23.1 Å². The van der Waals surface area contributed by atoms with Gasteiger partial charge >= 0.3 is 12.1 Å². The summed E-state index contributed by atoms with van der Waals surface area (Å²) in [7, 11) is 0. The molecule has 0 aliphatic carbocycles. The molecule has 144 valence electrons. The lowest BCUT2D eigenvalue weighted by Gasteiger charge is -2.35. The molecule has 1 aliphatic rings. The van der Waals surface area contributed by atoms with Crippen LogP contribution in [0.4, 0.5) is 4.79 Å². The molecule has 1 saturated heterocycles. The molecule has 6 nitrogen and oxygen atoms in total. The van der Waals surface area contributed by atoms with Gasteiger partial charge in [0.25, 0.3) is 0 Å². The van der Waals surface area contributed by atoms with Crippen LogP contribution in [-0.2, 0) is 4.74 Å². The molecule has 2 rings (SSSR count). The van der Waals surface area contributed by atoms with E-state index in [-0.39, 0.29) is 11.7 Å². The first kappa shape index (κ1) is 20.9. The van der Waals surface area contributed by atoms with Crippen LogP contribution in [0, 0.1) is 0 Å². The predicted molar refractivity (Wildman–Crippen MR) is 103 cm³/mol. The van der Waals surface area contributed by atoms with E-state index in [1.165, 1.54) is 18.0 Å². The summed E-state index contributed by atoms with van der Waals surface area (Å²) in [4.78, 5) is 25.8. The number of carboxylic acid groups (broad SMARTS) is 1. The lowest BCUT2D eigenvalue weighted by atomic mass is 10.0. The van der Waals surface area contributed by atoms with Crippen LogP contribution in [-0.4, -0.2) is 58.2 Å². The summed E-state index contributed by atoms with van der Waals surface area (Å²) < 4.78 is 7.68. The Morgan fingerprint density at radius 3 is 2.50 bits per heavy atom. The highest BCUT2D eigenvalue weighted by atomic mass is 35.5. The summed E-state index contributed by atoms with van der Waals surface area (Å²) in [5.74, 6) is -0.981. The molecule has 1 aliphatic heterocycles. The van der Waals surface area contributed by atoms with Gasteiger partial charge in [0.1, 0.15) is 5.60 Å². The molecule has 1 amide bonds. The Bertz CT molecular complexity index is 661. The van der Waals surface area contributed by atoms with Crippen LogP contribution in [0.1, 0.15) is 44.0 Å². The Kier molecular flexibility index (Phi) is 7.20. The maximum atomic E-state index is 12.3. The van der Waals surface area contributed by atoms with E-state index in [0.717, 1.165) is 12.8 Å². The Labute approximate surface area is 163 Å². The van der Waals surface area contributed by atoms with Crippen LogP contribution in [0.3, 0.4) is 0 Å². The zero-order valence-electron chi connectivity index (χ0n) is 15.3. The monoisotopic (exact) mass is 400 g/mol. The number of rotatable bonds is 6. The fourth-order valence-corrected chi connectivity index (χ4v) is 3.94. The molecule has 0 atom stereocenters. The van der Waals surface area contributed by atoms with Gasteiger partial charge in [-0.05, 0) is 50.4 Å². The highest BCUT2D eigenvalue weighted by Gasteiger charge is 2.28. The molecule has 1 heterocycles. The van der Waals surface area contributed by atoms with Gasteiger partial charge < -0.3 is 14.7 Å². The molecule has 0 aromatic heterocycles. The van der Waals surface area contributed by atoms with Gasteiger partial charge in [-0.3, -0.25) is 0 Å². The third-order valence-electron chi connectivity index (χ3n) is 4.12. The molecule has 1 aromatic rings. The first-order valence-corrected chi connectivity index (χ1v) is 9.80. The number of carbonyl (C=O) groups excluding carboxylic acids is 1. The van der Waals surface area contributed by atoms with E-state index in [2.05, 4.69) is 11.2 Å². The van der Waals surface area contributed by atoms with E-state index in [1.54, 1.807) is 17.0 Å². The van der Waals surface area contributed by atoms with Crippen molar-refractivity contribution in [2.45, 2.75) is 44.1 Å². The second kappa shape index (κ2) is 8.97. The third kappa shape index (κ3) is 5.79. The average molecular weight is 401 g/mol. The Balaban J connectivity index is 1.90. The summed E-state index contributed by atoms with van der Waals surface area (Å²) in [5.41, 5.74) is -0.250. The van der Waals surface area contributed by atoms with Crippen molar-refractivity contribution in [2.75, 3.05) is 26.2 Å². The number of hydrogen-bond acceptors (Lipinski definition) is 5. The highest BCUT2D eigenvalue weighted by Crippen LogP contribution is 2.31. The van der Waals surface area contributed by atoms with Crippen molar-refractivity contribution in [1.29, 1.82) is 0 Å². The second-order valence-electron chi connectivity index (χ2n) is 6.84. The SMILES string of the molecule is CCCC(C)(C)OC(=O)N1CCN(Sc2cc(C(=O)O)ccc2Cl)CC1. The Morgan fingerprint density at radius 2 is 1.92 bits per heavy atom. The Morgan fingerprint density at radius 1 is 1.27 bits per heavy atom. The molecule has 0 unspecified atom stereocenters. The van der Waals surface area contributed by atoms with E-state index >= 15 is 0 Å². The third-order valence-corrected chi connectivity index (χ3v) is 5.72. The minimum atomic E-state index is -0.981. The number of ether oxygens (including phenoxy) is 1. The van der Waals surface area contributed by atoms with E-state index < -0.39 is 11.6 Å². The van der Waals surface area contributed by atoms with Crippen molar-refractivity contribution in [3.8, 4) is 0 Å². The maximum absolute atomic E-state index is 12.3. The number of hydrogen-bond donors (Lipinski definition) is 1. The first-order chi connectivity index (χ1) is 12.2. The minimum Gasteiger partial charge on any atom is -0.478 e. The van der Waals surface area contributed by atoms with Crippen molar-refractivity contribution in [3.63, 3.8) is 0 Å². The molecule has 1 fully saturated rings. The van der Waals surface area contributed by atoms with E-state index in [1.807, 2.05) is 13.8 Å². The molecule has 1 aromatic carbocycles. The maximum Gasteiger partial charge on any atom is 0.410 e. The number of aromatic carboxylic acids is 1. The van der Waals surface area contributed by atoms with Gasteiger partial charge in [0.05, 0.1) is 10.6 Å². The van der Waals surface area contributed by atoms with Crippen molar-refractivity contribution in [1.82, 2.24) is 9.21 Å². The molecule has 0 saturated carbocycles. The molecular formula is C18H25ClN2O4S. The van der Waals surface area contributed by atoms with Gasteiger partial charge in [-0.15, -0.1) is 0 Å². The van der Waals surface area contributed by atoms with Crippen molar-refractivity contribution in [3.05, 3.63) is 28.8 Å². The van der Waals surface area contributed by atoms with Crippen molar-refractivity contribution in [2.24, 2.45) is 0 Å². The van der Waals surface area contributed by atoms with Gasteiger partial charge in [-0.1, -0.05) is 24.9 Å². The molecule has 1 N–H and O–H groups in total. The number of nitrogens with zero attached hydrogens (tertiary/aromatic N) is 2. The quantitative estimate of drug-likeness (QED) is 0.714. The lowest BCUT2D eigenvalue weighted by Crippen LogP contribution is -2.48. The number of piperazine rings is 1. The Hall–Kier alpha value is -1.44. The van der Waals surface area contributed by atoms with Crippen LogP contribution in [0.2, 0.25) is 5.02 Å². The normalized spacial score (nSPS) is 15.8. The van der Waals surface area contributed by atoms with Crippen molar-refractivity contribution < 1.29 is 19.4 Å². The highest BCUT2D eigenvalue weighted by molar-refractivity contribution is 7.97. The van der Waals surface area contributed by atoms with Crippen LogP contribution < -0.4 is 0 Å². The van der Waals surface area contributed by atoms with Crippen LogP contribution >= 0.6 is 23.5 Å². The molecule has 0 bridgehead atoms. The fraction of sp³-hybridized carbons (Fsp3) is 0.556. The number of halogens is 1. The molecule has 0 spiro atoms. The largest absolute Gasteiger partial charge is 0.478 e. The van der Waals surface area contributed by atoms with Gasteiger partial charge in [-0.2, -0.15) is 0 Å². The molecule has 8 heteroatoms. The molecular weight excluding hydrogens is 376 g/mol. The van der Waals surface area contributed by atoms with Crippen LogP contribution in [0.25, 0.3) is 0 Å². The number of carboxylic acids is 1. The first-order valence-electron chi connectivity index (χ1n) is 8.65. The summed E-state index contributed by atoms with van der Waals surface area (Å²) in [6, 6.07) is 4.65. The topological polar surface area (TPSA) is 70.1 Å². The summed E-state index contributed by atoms with van der Waals surface area (Å²) in [6.07, 6.45) is 1.51. The zero-order valence-corrected chi connectivity index (χ0v) is 16.9. The smallest absolute Gasteiger partial charge is 0.410 e. The number of benzene rings is 1. The van der Waals surface area contributed by atoms with Crippen LogP contribution in [0.5, 0.6) is 0 Å². The standard InChI is InChI=1S/C18H25ClN2O4S/c1-4-7-18(2,3)25-17(24)20-8-10-21(11-9-20)26-15-12-13(16(22)23)5-6-14(15)19/h5-6,12H,4,7-11H2,1-3H3,(H,22,23). The minimum absolute atomic E-state index is 0.206. The predicted octanol–water partition coefficient (Wildman–Crippen LogP) is 4.38. The lowest BCUT2D eigenvalue weighted by molar-refractivity contribution is 0.00384. The van der Waals surface area contributed by atoms with E-state index in [0.29, 0.717) is 36.1 Å². The second-order valence-corrected chi connectivity index (χ2v) is 8.38. The van der Waals surface area contributed by atoms with Gasteiger partial charge in [0.15, 0.2) is 0 Å². The number of carbonyl (C=O) groups is 2. The summed E-state index contributed by atoms with van der Waals surface area (Å²) in [6.45, 7) is 8.35. The summed E-state index contributed by atoms with van der Waals surface area (Å²) in [5, 5.41) is 9.63. The molecule has 0 radical (unpaired) electrons. The fourth-order valence-electron chi connectivity index (χ4n) is 2.76. The molecule has 26 heavy (non-hydrogen) atoms. The zero-order chi connectivity index (χ0) is 19.3. The van der Waals surface area contributed by atoms with E-state index in [9.17, 15) is 9.59 Å². The average Bonchev–Trinajstić information content (AvgIpc) is 2.56. The summed E-state index contributed by atoms with van der Waals surface area (Å²) >= 11 is 7.59. The van der Waals surface area contributed by atoms with E-state index in [4.69, 9.17) is 21.4 Å². The van der Waals surface area contributed by atoms with Gasteiger partial charge in [0.2, 0.25) is 0 Å². The number of amides is 1. The van der Waals surface area contributed by atoms with Crippen molar-refractivity contribution >= 4 is 35.6 Å².